The molecule has 0 aromatic heterocycles. The summed E-state index contributed by atoms with van der Waals surface area (Å²) in [5.74, 6) is 0. The van der Waals surface area contributed by atoms with Gasteiger partial charge in [-0.1, -0.05) is 65.9 Å². The molecular weight excluding hydrogens is 214 g/mol. The lowest BCUT2D eigenvalue weighted by Crippen LogP contribution is -2.05. The van der Waals surface area contributed by atoms with Gasteiger partial charge in [-0.3, -0.25) is 5.23 Å². The van der Waals surface area contributed by atoms with Crippen molar-refractivity contribution in [1.29, 1.82) is 0 Å². The van der Waals surface area contributed by atoms with Gasteiger partial charge in [0, 0.05) is 0 Å². The maximum Gasteiger partial charge on any atom is 0.0614 e. The first kappa shape index (κ1) is 11.4. The highest BCUT2D eigenvalue weighted by Gasteiger charge is 1.98. The summed E-state index contributed by atoms with van der Waals surface area (Å²) >= 11 is 0. The van der Waals surface area contributed by atoms with Crippen LogP contribution in [0.5, 0.6) is 0 Å². The van der Waals surface area contributed by atoms with Crippen LogP contribution >= 0.6 is 0 Å². The molecule has 0 aliphatic carbocycles. The van der Waals surface area contributed by atoms with Crippen molar-refractivity contribution in [2.45, 2.75) is 0 Å². The number of rotatable bonds is 3. The number of para-hydroxylation sites is 1. The topological polar surface area (TPSA) is 46.2 Å². The third-order valence-electron chi connectivity index (χ3n) is 2.39. The highest BCUT2D eigenvalue weighted by molar-refractivity contribution is 5.76. The van der Waals surface area contributed by atoms with E-state index in [1.54, 1.807) is 24.3 Å². The summed E-state index contributed by atoms with van der Waals surface area (Å²) in [5, 5.41) is 21.2. The molecule has 3 nitrogen and oxygen atoms in total. The van der Waals surface area contributed by atoms with Gasteiger partial charge in [-0.2, -0.15) is 0 Å². The Morgan fingerprint density at radius 1 is 0.882 bits per heavy atom. The maximum atomic E-state index is 10.8. The van der Waals surface area contributed by atoms with E-state index in [2.05, 4.69) is 0 Å². The van der Waals surface area contributed by atoms with E-state index in [0.717, 1.165) is 5.56 Å². The van der Waals surface area contributed by atoms with Gasteiger partial charge in [0.1, 0.15) is 0 Å². The summed E-state index contributed by atoms with van der Waals surface area (Å²) in [5.41, 5.74) is 1.76. The molecule has 0 saturated carbocycles. The molecule has 85 valence electrons. The van der Waals surface area contributed by atoms with Crippen molar-refractivity contribution < 1.29 is 5.21 Å². The van der Waals surface area contributed by atoms with Crippen molar-refractivity contribution >= 4 is 17.8 Å². The SMILES string of the molecule is [O]N([O-])c1ccccc1/C=C/c1ccccc1. The molecule has 0 saturated heterocycles. The third kappa shape index (κ3) is 2.93. The fraction of sp³-hybridized carbons (Fsp3) is 0. The van der Waals surface area contributed by atoms with Crippen molar-refractivity contribution in [3.63, 3.8) is 0 Å². The molecule has 0 aliphatic heterocycles. The third-order valence-corrected chi connectivity index (χ3v) is 2.39. The van der Waals surface area contributed by atoms with Crippen LogP contribution in [0.15, 0.2) is 54.6 Å². The van der Waals surface area contributed by atoms with Gasteiger partial charge in [-0.05, 0) is 17.2 Å². The number of anilines is 1. The Labute approximate surface area is 99.8 Å². The Morgan fingerprint density at radius 3 is 2.24 bits per heavy atom. The molecule has 0 amide bonds. The molecule has 0 N–H and O–H groups in total. The molecule has 0 heterocycles. The normalized spacial score (nSPS) is 10.7. The Bertz CT molecular complexity index is 507. The van der Waals surface area contributed by atoms with Gasteiger partial charge in [0.25, 0.3) is 0 Å². The second-order valence-corrected chi connectivity index (χ2v) is 3.56. The molecule has 2 aromatic carbocycles. The van der Waals surface area contributed by atoms with E-state index in [9.17, 15) is 10.4 Å². The van der Waals surface area contributed by atoms with Gasteiger partial charge < -0.3 is 5.21 Å². The number of hydrogen-bond donors (Lipinski definition) is 0. The zero-order valence-corrected chi connectivity index (χ0v) is 9.11. The predicted octanol–water partition coefficient (Wildman–Crippen LogP) is 3.51. The molecule has 0 bridgehead atoms. The minimum absolute atomic E-state index is 0.125. The summed E-state index contributed by atoms with van der Waals surface area (Å²) in [6.07, 6.45) is 3.62. The van der Waals surface area contributed by atoms with Crippen LogP contribution in [0.25, 0.3) is 12.2 Å². The molecule has 3 heteroatoms. The Morgan fingerprint density at radius 2 is 1.53 bits per heavy atom. The van der Waals surface area contributed by atoms with Crippen molar-refractivity contribution in [3.05, 3.63) is 70.9 Å². The first-order valence-corrected chi connectivity index (χ1v) is 5.24. The minimum Gasteiger partial charge on any atom is -0.731 e. The van der Waals surface area contributed by atoms with Gasteiger partial charge in [-0.15, -0.1) is 0 Å². The van der Waals surface area contributed by atoms with E-state index in [4.69, 9.17) is 0 Å². The highest BCUT2D eigenvalue weighted by Crippen LogP contribution is 2.20. The van der Waals surface area contributed by atoms with E-state index in [-0.39, 0.29) is 10.9 Å². The molecular formula is C14H11NO2-. The number of benzene rings is 2. The average molecular weight is 225 g/mol. The van der Waals surface area contributed by atoms with Crippen LogP contribution in [-0.2, 0) is 5.21 Å². The average Bonchev–Trinajstić information content (AvgIpc) is 2.38. The number of nitrogens with zero attached hydrogens (tertiary/aromatic N) is 1. The molecule has 0 spiro atoms. The summed E-state index contributed by atoms with van der Waals surface area (Å²) < 4.78 is 0. The van der Waals surface area contributed by atoms with E-state index in [1.165, 1.54) is 6.07 Å². The van der Waals surface area contributed by atoms with E-state index < -0.39 is 0 Å². The van der Waals surface area contributed by atoms with Gasteiger partial charge in [0.05, 0.1) is 5.69 Å². The van der Waals surface area contributed by atoms with Crippen LogP contribution < -0.4 is 5.23 Å². The number of hydrogen-bond acceptors (Lipinski definition) is 2. The lowest BCUT2D eigenvalue weighted by molar-refractivity contribution is 0.192. The molecule has 0 aliphatic rings. The summed E-state index contributed by atoms with van der Waals surface area (Å²) in [7, 11) is 0. The van der Waals surface area contributed by atoms with Gasteiger partial charge in [-0.25, -0.2) is 0 Å². The maximum absolute atomic E-state index is 10.8. The minimum atomic E-state index is -0.370. The second kappa shape index (κ2) is 5.30. The molecule has 2 rings (SSSR count). The molecule has 0 fully saturated rings. The summed E-state index contributed by atoms with van der Waals surface area (Å²) in [6.45, 7) is 0. The van der Waals surface area contributed by atoms with Gasteiger partial charge in [0.2, 0.25) is 0 Å². The zero-order chi connectivity index (χ0) is 12.1. The van der Waals surface area contributed by atoms with Crippen LogP contribution in [0.3, 0.4) is 0 Å². The molecule has 0 atom stereocenters. The van der Waals surface area contributed by atoms with Gasteiger partial charge in [0.15, 0.2) is 0 Å². The van der Waals surface area contributed by atoms with Gasteiger partial charge >= 0.3 is 0 Å². The van der Waals surface area contributed by atoms with Crippen molar-refractivity contribution in [1.82, 2.24) is 0 Å². The lowest BCUT2D eigenvalue weighted by atomic mass is 10.1. The van der Waals surface area contributed by atoms with Crippen molar-refractivity contribution in [2.24, 2.45) is 0 Å². The Hall–Kier alpha value is -2.10. The Kier molecular flexibility index (Phi) is 3.55. The molecule has 2 aromatic rings. The second-order valence-electron chi connectivity index (χ2n) is 3.56. The smallest absolute Gasteiger partial charge is 0.0614 e. The summed E-state index contributed by atoms with van der Waals surface area (Å²) in [4.78, 5) is 0. The van der Waals surface area contributed by atoms with Crippen LogP contribution in [0.2, 0.25) is 0 Å². The van der Waals surface area contributed by atoms with Crippen molar-refractivity contribution in [2.75, 3.05) is 5.23 Å². The predicted molar refractivity (Wildman–Crippen MR) is 68.3 cm³/mol. The fourth-order valence-corrected chi connectivity index (χ4v) is 1.54. The van der Waals surface area contributed by atoms with Crippen LogP contribution in [0.4, 0.5) is 5.69 Å². The van der Waals surface area contributed by atoms with Crippen LogP contribution in [0, 0.1) is 5.21 Å². The fourth-order valence-electron chi connectivity index (χ4n) is 1.54. The van der Waals surface area contributed by atoms with E-state index in [0.29, 0.717) is 5.56 Å². The summed E-state index contributed by atoms with van der Waals surface area (Å²) in [6, 6.07) is 16.4. The molecule has 0 unspecified atom stereocenters. The highest BCUT2D eigenvalue weighted by atomic mass is 16.8. The molecule has 17 heavy (non-hydrogen) atoms. The van der Waals surface area contributed by atoms with E-state index in [1.807, 2.05) is 36.4 Å². The molecule has 1 radical (unpaired) electrons. The monoisotopic (exact) mass is 225 g/mol. The largest absolute Gasteiger partial charge is 0.731 e. The van der Waals surface area contributed by atoms with Crippen molar-refractivity contribution in [3.8, 4) is 0 Å². The quantitative estimate of drug-likeness (QED) is 0.592. The zero-order valence-electron chi connectivity index (χ0n) is 9.11. The standard InChI is InChI=1S/C14H11NO2/c16-15(17)14-9-5-4-8-13(14)11-10-12-6-2-1-3-7-12/h1-11H/q-1/b11-10+. The van der Waals surface area contributed by atoms with Crippen LogP contribution in [0.1, 0.15) is 11.1 Å². The van der Waals surface area contributed by atoms with Crippen LogP contribution in [-0.4, -0.2) is 0 Å². The first-order chi connectivity index (χ1) is 8.27. The Balaban J connectivity index is 2.27. The van der Waals surface area contributed by atoms with E-state index >= 15 is 0 Å². The lowest BCUT2D eigenvalue weighted by Gasteiger charge is -2.20. The first-order valence-electron chi connectivity index (χ1n) is 5.24.